The molecule has 2 N–H and O–H groups in total. The average Bonchev–Trinajstić information content (AvgIpc) is 2.97. The summed E-state index contributed by atoms with van der Waals surface area (Å²) in [6, 6.07) is 18.8. The van der Waals surface area contributed by atoms with E-state index in [1.807, 2.05) is 0 Å². The van der Waals surface area contributed by atoms with Crippen LogP contribution in [0.15, 0.2) is 79.0 Å². The summed E-state index contributed by atoms with van der Waals surface area (Å²) < 4.78 is 44.3. The molecule has 1 aromatic heterocycles. The van der Waals surface area contributed by atoms with Crippen LogP contribution in [0.1, 0.15) is 15.9 Å². The molecule has 0 radical (unpaired) electrons. The molecule has 0 spiro atoms. The van der Waals surface area contributed by atoms with Crippen molar-refractivity contribution in [3.63, 3.8) is 0 Å². The Morgan fingerprint density at radius 3 is 2.15 bits per heavy atom. The van der Waals surface area contributed by atoms with Crippen molar-refractivity contribution in [1.29, 1.82) is 0 Å². The number of methoxy groups -OCH3 is 1. The Balaban J connectivity index is 1.18. The van der Waals surface area contributed by atoms with Crippen molar-refractivity contribution in [2.45, 2.75) is 6.18 Å². The molecule has 8 nitrogen and oxygen atoms in total. The molecule has 11 heteroatoms. The van der Waals surface area contributed by atoms with Crippen LogP contribution >= 0.6 is 0 Å². The van der Waals surface area contributed by atoms with E-state index in [0.29, 0.717) is 59.9 Å². The highest BCUT2D eigenvalue weighted by Crippen LogP contribution is 2.33. The van der Waals surface area contributed by atoms with Crippen molar-refractivity contribution in [2.24, 2.45) is 0 Å². The lowest BCUT2D eigenvalue weighted by Gasteiger charge is -2.34. The summed E-state index contributed by atoms with van der Waals surface area (Å²) in [4.78, 5) is 33.1. The van der Waals surface area contributed by atoms with E-state index in [-0.39, 0.29) is 17.5 Å². The molecule has 0 aliphatic carbocycles. The van der Waals surface area contributed by atoms with Crippen molar-refractivity contribution in [3.8, 4) is 5.75 Å². The Kier molecular flexibility index (Phi) is 7.45. The molecule has 1 fully saturated rings. The number of carbonyl (C=O) groups excluding carboxylic acids is 2. The van der Waals surface area contributed by atoms with Crippen molar-refractivity contribution >= 4 is 39.9 Å². The van der Waals surface area contributed by atoms with Crippen molar-refractivity contribution in [2.75, 3.05) is 43.9 Å². The molecule has 206 valence electrons. The first-order chi connectivity index (χ1) is 19.2. The van der Waals surface area contributed by atoms with Crippen LogP contribution in [0.25, 0.3) is 10.9 Å². The summed E-state index contributed by atoms with van der Waals surface area (Å²) in [6.45, 7) is 1.60. The maximum Gasteiger partial charge on any atom is 0.416 e. The number of amides is 3. The number of nitrogens with one attached hydrogen (secondary N) is 2. The molecule has 0 unspecified atom stereocenters. The number of pyridine rings is 1. The van der Waals surface area contributed by atoms with Gasteiger partial charge < -0.3 is 25.2 Å². The van der Waals surface area contributed by atoms with Crippen LogP contribution in [0.5, 0.6) is 5.75 Å². The first kappa shape index (κ1) is 26.8. The third-order valence-corrected chi connectivity index (χ3v) is 6.68. The van der Waals surface area contributed by atoms with Crippen molar-refractivity contribution in [1.82, 2.24) is 14.8 Å². The topological polar surface area (TPSA) is 86.8 Å². The highest BCUT2D eigenvalue weighted by molar-refractivity contribution is 5.96. The molecular formula is C29H26F3N5O3. The van der Waals surface area contributed by atoms with E-state index in [1.165, 1.54) is 12.3 Å². The van der Waals surface area contributed by atoms with E-state index in [4.69, 9.17) is 4.74 Å². The summed E-state index contributed by atoms with van der Waals surface area (Å²) in [5.41, 5.74) is 1.89. The number of fused-ring (bicyclic) bond motifs is 1. The molecule has 3 aromatic carbocycles. The second-order valence-electron chi connectivity index (χ2n) is 9.23. The molecular weight excluding hydrogens is 523 g/mol. The van der Waals surface area contributed by atoms with Crippen molar-refractivity contribution in [3.05, 3.63) is 90.1 Å². The number of benzene rings is 3. The highest BCUT2D eigenvalue weighted by atomic mass is 19.4. The zero-order valence-electron chi connectivity index (χ0n) is 21.5. The van der Waals surface area contributed by atoms with E-state index >= 15 is 0 Å². The zero-order valence-corrected chi connectivity index (χ0v) is 21.5. The maximum atomic E-state index is 13.1. The minimum absolute atomic E-state index is 0.143. The Morgan fingerprint density at radius 1 is 0.850 bits per heavy atom. The Labute approximate surface area is 228 Å². The molecule has 0 saturated carbocycles. The van der Waals surface area contributed by atoms with Gasteiger partial charge in [0.1, 0.15) is 5.75 Å². The van der Waals surface area contributed by atoms with Gasteiger partial charge in [-0.3, -0.25) is 9.78 Å². The van der Waals surface area contributed by atoms with Crippen LogP contribution in [-0.2, 0) is 6.18 Å². The van der Waals surface area contributed by atoms with E-state index in [2.05, 4.69) is 15.6 Å². The number of ether oxygens (including phenoxy) is 1. The SMILES string of the molecule is COc1ccc(NC(=O)N2CCN(C(=O)c3ccc(Nc4ccnc5cc(C(F)(F)F)ccc45)cc3)CC2)cc1. The zero-order chi connectivity index (χ0) is 28.3. The van der Waals surface area contributed by atoms with E-state index in [9.17, 15) is 22.8 Å². The van der Waals surface area contributed by atoms with Gasteiger partial charge in [-0.15, -0.1) is 0 Å². The van der Waals surface area contributed by atoms with Gasteiger partial charge in [-0.2, -0.15) is 13.2 Å². The summed E-state index contributed by atoms with van der Waals surface area (Å²) in [5, 5.41) is 6.59. The van der Waals surface area contributed by atoms with Crippen LogP contribution in [0.2, 0.25) is 0 Å². The number of aromatic nitrogens is 1. The van der Waals surface area contributed by atoms with Crippen LogP contribution < -0.4 is 15.4 Å². The lowest BCUT2D eigenvalue weighted by atomic mass is 10.1. The molecule has 0 atom stereocenters. The smallest absolute Gasteiger partial charge is 0.416 e. The number of nitrogens with zero attached hydrogens (tertiary/aromatic N) is 3. The monoisotopic (exact) mass is 549 g/mol. The predicted octanol–water partition coefficient (Wildman–Crippen LogP) is 6.00. The molecule has 2 heterocycles. The fourth-order valence-corrected chi connectivity index (χ4v) is 4.46. The molecule has 1 aliphatic rings. The van der Waals surface area contributed by atoms with Crippen LogP contribution in [0.3, 0.4) is 0 Å². The third-order valence-electron chi connectivity index (χ3n) is 6.68. The van der Waals surface area contributed by atoms with Gasteiger partial charge in [0.15, 0.2) is 0 Å². The minimum Gasteiger partial charge on any atom is -0.497 e. The van der Waals surface area contributed by atoms with Crippen molar-refractivity contribution < 1.29 is 27.5 Å². The standard InChI is InChI=1S/C29H26F3N5O3/c1-40-23-9-7-22(8-10-23)35-28(39)37-16-14-36(15-17-37)27(38)19-2-5-21(6-3-19)34-25-12-13-33-26-18-20(29(30,31)32)4-11-24(25)26/h2-13,18H,14-17H2,1H3,(H,33,34)(H,35,39). The Hall–Kier alpha value is -4.80. The van der Waals surface area contributed by atoms with Gasteiger partial charge in [0.05, 0.1) is 18.2 Å². The largest absolute Gasteiger partial charge is 0.497 e. The lowest BCUT2D eigenvalue weighted by Crippen LogP contribution is -2.51. The number of piperazine rings is 1. The number of rotatable bonds is 5. The van der Waals surface area contributed by atoms with E-state index < -0.39 is 11.7 Å². The van der Waals surface area contributed by atoms with Gasteiger partial charge in [-0.1, -0.05) is 6.07 Å². The quantitative estimate of drug-likeness (QED) is 0.319. The van der Waals surface area contributed by atoms with Gasteiger partial charge >= 0.3 is 12.2 Å². The summed E-state index contributed by atoms with van der Waals surface area (Å²) in [7, 11) is 1.57. The number of carbonyl (C=O) groups is 2. The maximum absolute atomic E-state index is 13.1. The number of anilines is 3. The van der Waals surface area contributed by atoms with Gasteiger partial charge in [-0.25, -0.2) is 4.79 Å². The lowest BCUT2D eigenvalue weighted by molar-refractivity contribution is -0.137. The summed E-state index contributed by atoms with van der Waals surface area (Å²) in [6.07, 6.45) is -3.00. The Morgan fingerprint density at radius 2 is 1.50 bits per heavy atom. The van der Waals surface area contributed by atoms with Crippen LogP contribution in [-0.4, -0.2) is 60.0 Å². The summed E-state index contributed by atoms with van der Waals surface area (Å²) >= 11 is 0. The van der Waals surface area contributed by atoms with Gasteiger partial charge in [0.25, 0.3) is 5.91 Å². The normalized spacial score (nSPS) is 13.7. The third kappa shape index (κ3) is 5.93. The van der Waals surface area contributed by atoms with Crippen LogP contribution in [0.4, 0.5) is 35.0 Å². The highest BCUT2D eigenvalue weighted by Gasteiger charge is 2.30. The van der Waals surface area contributed by atoms with Crippen LogP contribution in [0, 0.1) is 0 Å². The Bertz CT molecular complexity index is 1520. The first-order valence-corrected chi connectivity index (χ1v) is 12.5. The molecule has 4 aromatic rings. The predicted molar refractivity (Wildman–Crippen MR) is 146 cm³/mol. The van der Waals surface area contributed by atoms with Gasteiger partial charge in [-0.05, 0) is 66.7 Å². The molecule has 1 saturated heterocycles. The molecule has 3 amide bonds. The second-order valence-corrected chi connectivity index (χ2v) is 9.23. The number of alkyl halides is 3. The average molecular weight is 550 g/mol. The number of halogens is 3. The van der Waals surface area contributed by atoms with E-state index in [0.717, 1.165) is 12.1 Å². The molecule has 40 heavy (non-hydrogen) atoms. The number of urea groups is 1. The van der Waals surface area contributed by atoms with E-state index in [1.54, 1.807) is 71.5 Å². The number of hydrogen-bond donors (Lipinski definition) is 2. The molecule has 1 aliphatic heterocycles. The minimum atomic E-state index is -4.45. The summed E-state index contributed by atoms with van der Waals surface area (Å²) in [5.74, 6) is 0.554. The molecule has 0 bridgehead atoms. The molecule has 5 rings (SSSR count). The number of hydrogen-bond acceptors (Lipinski definition) is 5. The van der Waals surface area contributed by atoms with Gasteiger partial charge in [0, 0.05) is 60.4 Å². The fraction of sp³-hybridized carbons (Fsp3) is 0.207. The second kappa shape index (κ2) is 11.1. The fourth-order valence-electron chi connectivity index (χ4n) is 4.46. The first-order valence-electron chi connectivity index (χ1n) is 12.5. The van der Waals surface area contributed by atoms with Gasteiger partial charge in [0.2, 0.25) is 0 Å².